The zero-order valence-electron chi connectivity index (χ0n) is 8.87. The molecule has 0 fully saturated rings. The van der Waals surface area contributed by atoms with Crippen molar-refractivity contribution in [3.05, 3.63) is 42.5 Å². The third-order valence-electron chi connectivity index (χ3n) is 2.03. The molecule has 0 saturated heterocycles. The second-order valence-electron chi connectivity index (χ2n) is 3.36. The van der Waals surface area contributed by atoms with Gasteiger partial charge in [-0.1, -0.05) is 6.07 Å². The van der Waals surface area contributed by atoms with E-state index in [2.05, 4.69) is 15.0 Å². The van der Waals surface area contributed by atoms with Gasteiger partial charge in [-0.05, 0) is 30.3 Å². The van der Waals surface area contributed by atoms with Crippen LogP contribution in [0.3, 0.4) is 0 Å². The molecule has 0 radical (unpaired) electrons. The molecule has 0 aliphatic heterocycles. The average Bonchev–Trinajstić information content (AvgIpc) is 2.31. The molecule has 82 valence electrons. The Balaban J connectivity index is 2.11. The zero-order chi connectivity index (χ0) is 11.4. The molecule has 16 heavy (non-hydrogen) atoms. The van der Waals surface area contributed by atoms with E-state index in [1.165, 1.54) is 11.8 Å². The number of rotatable bonds is 3. The van der Waals surface area contributed by atoms with Crippen LogP contribution in [-0.4, -0.2) is 15.0 Å². The van der Waals surface area contributed by atoms with Gasteiger partial charge in [-0.15, -0.1) is 0 Å². The average molecular weight is 232 g/mol. The maximum atomic E-state index is 5.75. The van der Waals surface area contributed by atoms with Crippen LogP contribution in [-0.2, 0) is 0 Å². The lowest BCUT2D eigenvalue weighted by molar-refractivity contribution is 0.806. The van der Waals surface area contributed by atoms with E-state index in [9.17, 15) is 0 Å². The quantitative estimate of drug-likeness (QED) is 0.877. The van der Waals surface area contributed by atoms with Crippen molar-refractivity contribution in [2.75, 3.05) is 0 Å². The van der Waals surface area contributed by atoms with Gasteiger partial charge in [0.1, 0.15) is 10.1 Å². The minimum absolute atomic E-state index is 0.0167. The van der Waals surface area contributed by atoms with Gasteiger partial charge in [0.25, 0.3) is 0 Å². The highest BCUT2D eigenvalue weighted by molar-refractivity contribution is 7.99. The summed E-state index contributed by atoms with van der Waals surface area (Å²) in [4.78, 5) is 12.5. The number of pyridine rings is 1. The summed E-state index contributed by atoms with van der Waals surface area (Å²) in [6.07, 6.45) is 6.82. The Morgan fingerprint density at radius 3 is 2.56 bits per heavy atom. The number of hydrogen-bond acceptors (Lipinski definition) is 5. The molecule has 2 aromatic heterocycles. The third kappa shape index (κ3) is 2.77. The van der Waals surface area contributed by atoms with Gasteiger partial charge in [0.05, 0.1) is 6.20 Å². The van der Waals surface area contributed by atoms with Crippen molar-refractivity contribution >= 4 is 11.8 Å². The number of aromatic nitrogens is 3. The van der Waals surface area contributed by atoms with Crippen molar-refractivity contribution < 1.29 is 0 Å². The molecule has 2 rings (SSSR count). The Morgan fingerprint density at radius 2 is 2.00 bits per heavy atom. The van der Waals surface area contributed by atoms with E-state index in [1.807, 2.05) is 19.1 Å². The lowest BCUT2D eigenvalue weighted by atomic mass is 10.2. The normalized spacial score (nSPS) is 12.4. The van der Waals surface area contributed by atoms with Crippen molar-refractivity contribution in [2.45, 2.75) is 23.0 Å². The van der Waals surface area contributed by atoms with Crippen LogP contribution in [0.5, 0.6) is 0 Å². The standard InChI is InChI=1S/C11H12N4S/c1-8(12)9-2-3-10(15-6-9)16-11-7-13-4-5-14-11/h2-8H,12H2,1H3. The molecule has 2 heterocycles. The fourth-order valence-corrected chi connectivity index (χ4v) is 1.85. The van der Waals surface area contributed by atoms with E-state index >= 15 is 0 Å². The maximum absolute atomic E-state index is 5.75. The van der Waals surface area contributed by atoms with Gasteiger partial charge in [-0.2, -0.15) is 0 Å². The molecule has 0 saturated carbocycles. The highest BCUT2D eigenvalue weighted by Gasteiger charge is 2.02. The van der Waals surface area contributed by atoms with Gasteiger partial charge in [0.2, 0.25) is 0 Å². The number of nitrogens with two attached hydrogens (primary N) is 1. The largest absolute Gasteiger partial charge is 0.324 e. The van der Waals surface area contributed by atoms with E-state index in [0.29, 0.717) is 0 Å². The predicted octanol–water partition coefficient (Wildman–Crippen LogP) is 2.04. The highest BCUT2D eigenvalue weighted by atomic mass is 32.2. The lowest BCUT2D eigenvalue weighted by Crippen LogP contribution is -2.04. The van der Waals surface area contributed by atoms with Crippen LogP contribution in [0.2, 0.25) is 0 Å². The number of nitrogens with zero attached hydrogens (tertiary/aromatic N) is 3. The van der Waals surface area contributed by atoms with E-state index in [4.69, 9.17) is 5.73 Å². The first-order valence-electron chi connectivity index (χ1n) is 4.91. The third-order valence-corrected chi connectivity index (χ3v) is 2.90. The fraction of sp³-hybridized carbons (Fsp3) is 0.182. The first-order valence-corrected chi connectivity index (χ1v) is 5.73. The summed E-state index contributed by atoms with van der Waals surface area (Å²) in [5.74, 6) is 0. The van der Waals surface area contributed by atoms with Crippen LogP contribution in [0.25, 0.3) is 0 Å². The Hall–Kier alpha value is -1.46. The Kier molecular flexibility index (Phi) is 3.48. The van der Waals surface area contributed by atoms with Crippen molar-refractivity contribution in [3.63, 3.8) is 0 Å². The lowest BCUT2D eigenvalue weighted by Gasteiger charge is -2.05. The fourth-order valence-electron chi connectivity index (χ4n) is 1.17. The molecule has 0 amide bonds. The van der Waals surface area contributed by atoms with Crippen molar-refractivity contribution in [1.82, 2.24) is 15.0 Å². The maximum Gasteiger partial charge on any atom is 0.121 e. The predicted molar refractivity (Wildman–Crippen MR) is 63.0 cm³/mol. The Bertz CT molecular complexity index is 441. The molecule has 4 nitrogen and oxygen atoms in total. The summed E-state index contributed by atoms with van der Waals surface area (Å²) in [6.45, 7) is 1.94. The monoisotopic (exact) mass is 232 g/mol. The molecule has 0 aliphatic carbocycles. The molecule has 0 aliphatic rings. The molecule has 2 N–H and O–H groups in total. The van der Waals surface area contributed by atoms with Crippen LogP contribution in [0.15, 0.2) is 47.0 Å². The van der Waals surface area contributed by atoms with Gasteiger partial charge in [0.15, 0.2) is 0 Å². The molecule has 0 bridgehead atoms. The molecule has 2 aromatic rings. The molecular weight excluding hydrogens is 220 g/mol. The van der Waals surface area contributed by atoms with E-state index in [1.54, 1.807) is 24.8 Å². The summed E-state index contributed by atoms with van der Waals surface area (Å²) in [6, 6.07) is 3.94. The highest BCUT2D eigenvalue weighted by Crippen LogP contribution is 2.23. The topological polar surface area (TPSA) is 64.7 Å². The first-order chi connectivity index (χ1) is 7.75. The van der Waals surface area contributed by atoms with Gasteiger partial charge >= 0.3 is 0 Å². The molecule has 1 atom stereocenters. The molecule has 0 aromatic carbocycles. The minimum atomic E-state index is 0.0167. The van der Waals surface area contributed by atoms with Gasteiger partial charge in [-0.3, -0.25) is 4.98 Å². The second kappa shape index (κ2) is 5.05. The van der Waals surface area contributed by atoms with Crippen LogP contribution < -0.4 is 5.73 Å². The molecule has 0 spiro atoms. The van der Waals surface area contributed by atoms with Gasteiger partial charge < -0.3 is 5.73 Å². The van der Waals surface area contributed by atoms with Crippen LogP contribution >= 0.6 is 11.8 Å². The van der Waals surface area contributed by atoms with Crippen LogP contribution in [0.4, 0.5) is 0 Å². The summed E-state index contributed by atoms with van der Waals surface area (Å²) < 4.78 is 0. The summed E-state index contributed by atoms with van der Waals surface area (Å²) in [5.41, 5.74) is 6.78. The first kappa shape index (κ1) is 11.0. The van der Waals surface area contributed by atoms with Crippen LogP contribution in [0.1, 0.15) is 18.5 Å². The minimum Gasteiger partial charge on any atom is -0.324 e. The SMILES string of the molecule is CC(N)c1ccc(Sc2cnccn2)nc1. The van der Waals surface area contributed by atoms with Crippen molar-refractivity contribution in [1.29, 1.82) is 0 Å². The summed E-state index contributed by atoms with van der Waals surface area (Å²) in [7, 11) is 0. The number of hydrogen-bond donors (Lipinski definition) is 1. The molecule has 1 unspecified atom stereocenters. The Labute approximate surface area is 98.3 Å². The second-order valence-corrected chi connectivity index (χ2v) is 4.40. The van der Waals surface area contributed by atoms with Crippen molar-refractivity contribution in [2.24, 2.45) is 5.73 Å². The van der Waals surface area contributed by atoms with Gasteiger partial charge in [0, 0.05) is 24.6 Å². The summed E-state index contributed by atoms with van der Waals surface area (Å²) >= 11 is 1.48. The van der Waals surface area contributed by atoms with E-state index in [0.717, 1.165) is 15.6 Å². The van der Waals surface area contributed by atoms with E-state index in [-0.39, 0.29) is 6.04 Å². The van der Waals surface area contributed by atoms with Crippen LogP contribution in [0, 0.1) is 0 Å². The molecule has 5 heteroatoms. The van der Waals surface area contributed by atoms with Crippen molar-refractivity contribution in [3.8, 4) is 0 Å². The van der Waals surface area contributed by atoms with Gasteiger partial charge in [-0.25, -0.2) is 9.97 Å². The molecular formula is C11H12N4S. The van der Waals surface area contributed by atoms with E-state index < -0.39 is 0 Å². The smallest absolute Gasteiger partial charge is 0.121 e. The summed E-state index contributed by atoms with van der Waals surface area (Å²) in [5, 5.41) is 1.73. The Morgan fingerprint density at radius 1 is 1.12 bits per heavy atom. The zero-order valence-corrected chi connectivity index (χ0v) is 9.69.